The van der Waals surface area contributed by atoms with E-state index < -0.39 is 0 Å². The molecule has 1 saturated heterocycles. The largest absolute Gasteiger partial charge is 0.369 e. The number of carbonyl (C=O) groups is 1. The zero-order valence-electron chi connectivity index (χ0n) is 19.7. The topological polar surface area (TPSA) is 105 Å². The van der Waals surface area contributed by atoms with E-state index in [1.165, 1.54) is 0 Å². The van der Waals surface area contributed by atoms with Gasteiger partial charge in [-0.1, -0.05) is 6.92 Å². The molecule has 0 saturated carbocycles. The lowest BCUT2D eigenvalue weighted by molar-refractivity contribution is 0.172. The number of amides is 2. The number of H-pyrrole nitrogens is 1. The highest BCUT2D eigenvalue weighted by Gasteiger charge is 2.32. The molecule has 1 aliphatic heterocycles. The summed E-state index contributed by atoms with van der Waals surface area (Å²) in [5.74, 6) is 2.10. The van der Waals surface area contributed by atoms with Gasteiger partial charge >= 0.3 is 6.03 Å². The van der Waals surface area contributed by atoms with Crippen LogP contribution in [0.3, 0.4) is 0 Å². The predicted octanol–water partition coefficient (Wildman–Crippen LogP) is 2.71. The number of fused-ring (bicyclic) bond motifs is 1. The van der Waals surface area contributed by atoms with Crippen molar-refractivity contribution in [3.8, 4) is 0 Å². The second-order valence-corrected chi connectivity index (χ2v) is 8.92. The summed E-state index contributed by atoms with van der Waals surface area (Å²) in [5.41, 5.74) is 1.50. The number of likely N-dealkylation sites (tertiary alicyclic amines) is 1. The Hall–Kier alpha value is -3.40. The maximum atomic E-state index is 13.0. The summed E-state index contributed by atoms with van der Waals surface area (Å²) in [6.45, 7) is 5.31. The number of rotatable bonds is 7. The maximum Gasteiger partial charge on any atom is 0.321 e. The number of nitrogens with zero attached hydrogens (tertiary/aromatic N) is 6. The summed E-state index contributed by atoms with van der Waals surface area (Å²) in [7, 11) is 6.11. The molecule has 4 heterocycles. The van der Waals surface area contributed by atoms with Gasteiger partial charge in [-0.15, -0.1) is 0 Å². The van der Waals surface area contributed by atoms with Crippen LogP contribution in [0, 0.1) is 5.92 Å². The number of hydrogen-bond donors (Lipinski definition) is 3. The number of nitrogens with one attached hydrogen (secondary N) is 3. The molecule has 0 radical (unpaired) electrons. The van der Waals surface area contributed by atoms with Crippen LogP contribution in [0.15, 0.2) is 36.9 Å². The van der Waals surface area contributed by atoms with Crippen LogP contribution in [0.2, 0.25) is 0 Å². The second kappa shape index (κ2) is 10.0. The Bertz CT molecular complexity index is 1070. The van der Waals surface area contributed by atoms with Gasteiger partial charge in [0.25, 0.3) is 0 Å². The third-order valence-electron chi connectivity index (χ3n) is 6.25. The summed E-state index contributed by atoms with van der Waals surface area (Å²) in [6, 6.07) is 5.80. The fraction of sp³-hybridized carbons (Fsp3) is 0.478. The monoisotopic (exact) mass is 451 g/mol. The molecule has 10 nitrogen and oxygen atoms in total. The van der Waals surface area contributed by atoms with E-state index in [0.29, 0.717) is 18.2 Å². The van der Waals surface area contributed by atoms with Crippen LogP contribution in [0.5, 0.6) is 0 Å². The van der Waals surface area contributed by atoms with E-state index >= 15 is 0 Å². The first-order valence-electron chi connectivity index (χ1n) is 11.3. The first kappa shape index (κ1) is 22.8. The minimum absolute atomic E-state index is 0.107. The van der Waals surface area contributed by atoms with Crippen molar-refractivity contribution in [2.45, 2.75) is 19.4 Å². The normalized spacial score (nSPS) is 18.5. The number of piperidine rings is 1. The van der Waals surface area contributed by atoms with Crippen molar-refractivity contribution < 1.29 is 4.79 Å². The van der Waals surface area contributed by atoms with E-state index in [9.17, 15) is 4.79 Å². The Morgan fingerprint density at radius 2 is 2.06 bits per heavy atom. The highest BCUT2D eigenvalue weighted by molar-refractivity contribution is 5.90. The fourth-order valence-electron chi connectivity index (χ4n) is 4.22. The number of pyridine rings is 1. The zero-order chi connectivity index (χ0) is 23.4. The van der Waals surface area contributed by atoms with Crippen LogP contribution >= 0.6 is 0 Å². The summed E-state index contributed by atoms with van der Waals surface area (Å²) in [6.07, 6.45) is 6.07. The molecule has 4 rings (SSSR count). The first-order valence-corrected chi connectivity index (χ1v) is 11.3. The number of urea groups is 1. The van der Waals surface area contributed by atoms with Crippen LogP contribution in [0.25, 0.3) is 11.0 Å². The van der Waals surface area contributed by atoms with Gasteiger partial charge in [-0.2, -0.15) is 0 Å². The Kier molecular flexibility index (Phi) is 6.93. The van der Waals surface area contributed by atoms with E-state index in [1.54, 1.807) is 12.5 Å². The highest BCUT2D eigenvalue weighted by atomic mass is 16.2. The van der Waals surface area contributed by atoms with Crippen LogP contribution in [0.4, 0.5) is 22.1 Å². The number of likely N-dealkylation sites (N-methyl/N-ethyl adjacent to an activating group) is 2. The van der Waals surface area contributed by atoms with Gasteiger partial charge in [0, 0.05) is 39.4 Å². The van der Waals surface area contributed by atoms with E-state index in [4.69, 9.17) is 0 Å². The average Bonchev–Trinajstić information content (AvgIpc) is 3.29. The molecule has 1 fully saturated rings. The zero-order valence-corrected chi connectivity index (χ0v) is 19.7. The van der Waals surface area contributed by atoms with Gasteiger partial charge in [0.15, 0.2) is 0 Å². The molecule has 1 aliphatic rings. The van der Waals surface area contributed by atoms with Gasteiger partial charge in [-0.25, -0.2) is 19.7 Å². The molecule has 3 N–H and O–H groups in total. The van der Waals surface area contributed by atoms with E-state index in [-0.39, 0.29) is 12.1 Å². The van der Waals surface area contributed by atoms with Crippen LogP contribution in [-0.2, 0) is 0 Å². The van der Waals surface area contributed by atoms with E-state index in [2.05, 4.69) is 47.3 Å². The molecule has 0 aromatic carbocycles. The number of hydrogen-bond acceptors (Lipinski definition) is 7. The van der Waals surface area contributed by atoms with E-state index in [0.717, 1.165) is 48.7 Å². The lowest BCUT2D eigenvalue weighted by Crippen LogP contribution is -2.53. The molecule has 3 aromatic heterocycles. The molecule has 176 valence electrons. The minimum atomic E-state index is -0.107. The van der Waals surface area contributed by atoms with E-state index in [1.807, 2.05) is 50.4 Å². The molecule has 2 unspecified atom stereocenters. The molecular formula is C23H33N9O. The van der Waals surface area contributed by atoms with Gasteiger partial charge in [0.05, 0.1) is 23.3 Å². The Morgan fingerprint density at radius 3 is 2.82 bits per heavy atom. The summed E-state index contributed by atoms with van der Waals surface area (Å²) >= 11 is 0. The third-order valence-corrected chi connectivity index (χ3v) is 6.25. The molecule has 3 aromatic rings. The average molecular weight is 452 g/mol. The lowest BCUT2D eigenvalue weighted by atomic mass is 9.92. The molecule has 33 heavy (non-hydrogen) atoms. The lowest BCUT2D eigenvalue weighted by Gasteiger charge is -2.42. The second-order valence-electron chi connectivity index (χ2n) is 8.92. The van der Waals surface area contributed by atoms with Crippen molar-refractivity contribution in [1.82, 2.24) is 29.7 Å². The number of anilines is 3. The fourth-order valence-corrected chi connectivity index (χ4v) is 4.22. The summed E-state index contributed by atoms with van der Waals surface area (Å²) < 4.78 is 0. The number of aromatic nitrogens is 4. The molecule has 0 spiro atoms. The maximum absolute atomic E-state index is 13.0. The van der Waals surface area contributed by atoms with Crippen molar-refractivity contribution in [1.29, 1.82) is 0 Å². The van der Waals surface area contributed by atoms with Gasteiger partial charge in [0.2, 0.25) is 0 Å². The SMILES string of the molecule is CC1CCN(C(=O)Nc2ccc(NCCN(C)C)nc2)CC1N(C)c1ncnc2[nH]ccc12. The minimum Gasteiger partial charge on any atom is -0.369 e. The standard InChI is InChI=1S/C23H33N9O/c1-16-8-11-32(14-19(16)31(4)22-18-7-9-25-21(18)27-15-28-22)23(33)29-17-5-6-20(26-13-17)24-10-12-30(2)3/h5-7,9,13,15-16,19H,8,10-12,14H2,1-4H3,(H,24,26)(H,29,33)(H,25,27,28). The smallest absolute Gasteiger partial charge is 0.321 e. The number of aromatic amines is 1. The number of carbonyl (C=O) groups excluding carboxylic acids is 1. The van der Waals surface area contributed by atoms with Crippen LogP contribution < -0.4 is 15.5 Å². The van der Waals surface area contributed by atoms with Crippen molar-refractivity contribution in [3.63, 3.8) is 0 Å². The Morgan fingerprint density at radius 1 is 1.21 bits per heavy atom. The third kappa shape index (κ3) is 5.33. The van der Waals surface area contributed by atoms with Crippen molar-refractivity contribution in [2.75, 3.05) is 62.9 Å². The molecule has 2 amide bonds. The molecule has 0 bridgehead atoms. The van der Waals surface area contributed by atoms with Gasteiger partial charge < -0.3 is 30.3 Å². The predicted molar refractivity (Wildman–Crippen MR) is 132 cm³/mol. The molecule has 2 atom stereocenters. The first-order chi connectivity index (χ1) is 15.9. The van der Waals surface area contributed by atoms with Crippen LogP contribution in [0.1, 0.15) is 13.3 Å². The van der Waals surface area contributed by atoms with Gasteiger partial charge in [0.1, 0.15) is 23.6 Å². The van der Waals surface area contributed by atoms with Crippen LogP contribution in [-0.4, -0.2) is 89.1 Å². The summed E-state index contributed by atoms with van der Waals surface area (Å²) in [5, 5.41) is 7.25. The molecule has 0 aliphatic carbocycles. The highest BCUT2D eigenvalue weighted by Crippen LogP contribution is 2.28. The van der Waals surface area contributed by atoms with Crippen molar-refractivity contribution >= 4 is 34.4 Å². The van der Waals surface area contributed by atoms with Gasteiger partial charge in [-0.05, 0) is 44.6 Å². The van der Waals surface area contributed by atoms with Gasteiger partial charge in [-0.3, -0.25) is 0 Å². The Balaban J connectivity index is 1.38. The molecule has 10 heteroatoms. The molecular weight excluding hydrogens is 418 g/mol. The van der Waals surface area contributed by atoms with Crippen molar-refractivity contribution in [3.05, 3.63) is 36.9 Å². The quantitative estimate of drug-likeness (QED) is 0.507. The summed E-state index contributed by atoms with van der Waals surface area (Å²) in [4.78, 5) is 35.5. The van der Waals surface area contributed by atoms with Crippen molar-refractivity contribution in [2.24, 2.45) is 5.92 Å². The Labute approximate surface area is 194 Å².